The molecule has 0 radical (unpaired) electrons. The summed E-state index contributed by atoms with van der Waals surface area (Å²) in [5, 5.41) is 21.2. The van der Waals surface area contributed by atoms with Crippen LogP contribution in [-0.4, -0.2) is 82.5 Å². The van der Waals surface area contributed by atoms with Crippen molar-refractivity contribution in [3.05, 3.63) is 147 Å². The second-order valence-electron chi connectivity index (χ2n) is 14.0. The summed E-state index contributed by atoms with van der Waals surface area (Å²) >= 11 is 17.8. The summed E-state index contributed by atoms with van der Waals surface area (Å²) in [5.74, 6) is -1.37. The molecule has 4 aromatic carbocycles. The van der Waals surface area contributed by atoms with E-state index in [4.69, 9.17) is 54.5 Å². The Morgan fingerprint density at radius 3 is 1.49 bits per heavy atom. The molecule has 2 aromatic heterocycles. The molecule has 2 aliphatic heterocycles. The zero-order valence-electron chi connectivity index (χ0n) is 32.8. The maximum absolute atomic E-state index is 15.4. The van der Waals surface area contributed by atoms with E-state index in [0.29, 0.717) is 99.9 Å². The molecule has 0 atom stereocenters. The highest BCUT2D eigenvalue weighted by molar-refractivity contribution is 6.31. The second-order valence-corrected chi connectivity index (χ2v) is 15.2. The van der Waals surface area contributed by atoms with Crippen LogP contribution in [0.25, 0.3) is 22.3 Å². The van der Waals surface area contributed by atoms with Crippen molar-refractivity contribution in [1.82, 2.24) is 25.3 Å². The Balaban J connectivity index is 0.000000179. The van der Waals surface area contributed by atoms with E-state index in [0.717, 1.165) is 11.1 Å². The zero-order valence-corrected chi connectivity index (χ0v) is 35.1. The molecule has 4 heterocycles. The van der Waals surface area contributed by atoms with Crippen molar-refractivity contribution in [3.8, 4) is 33.8 Å². The Kier molecular flexibility index (Phi) is 15.0. The maximum atomic E-state index is 15.4. The van der Waals surface area contributed by atoms with Crippen LogP contribution in [0.2, 0.25) is 15.3 Å². The molecule has 8 rings (SSSR count). The summed E-state index contributed by atoms with van der Waals surface area (Å²) in [5.41, 5.74) is 4.54. The molecule has 2 saturated heterocycles. The van der Waals surface area contributed by atoms with E-state index in [9.17, 15) is 9.59 Å². The predicted molar refractivity (Wildman–Crippen MR) is 229 cm³/mol. The van der Waals surface area contributed by atoms with Gasteiger partial charge in [-0.3, -0.25) is 9.59 Å². The van der Waals surface area contributed by atoms with E-state index in [1.807, 2.05) is 0 Å². The van der Waals surface area contributed by atoms with Gasteiger partial charge in [-0.05, 0) is 81.4 Å². The lowest BCUT2D eigenvalue weighted by Crippen LogP contribution is -2.51. The minimum atomic E-state index is -0.812. The van der Waals surface area contributed by atoms with Gasteiger partial charge in [0.1, 0.15) is 23.1 Å². The Morgan fingerprint density at radius 1 is 0.689 bits per heavy atom. The predicted octanol–water partition coefficient (Wildman–Crippen LogP) is 8.54. The molecule has 3 N–H and O–H groups in total. The highest BCUT2D eigenvalue weighted by Gasteiger charge is 2.34. The number of hydrogen-bond donors (Lipinski definition) is 3. The third-order valence-electron chi connectivity index (χ3n) is 9.83. The number of anilines is 1. The summed E-state index contributed by atoms with van der Waals surface area (Å²) in [6, 6.07) is 20.8. The zero-order chi connectivity index (χ0) is 43.6. The molecule has 0 aliphatic carbocycles. The van der Waals surface area contributed by atoms with Crippen molar-refractivity contribution in [3.63, 3.8) is 0 Å². The van der Waals surface area contributed by atoms with Crippen LogP contribution in [0.4, 0.5) is 14.7 Å². The van der Waals surface area contributed by atoms with Gasteiger partial charge in [-0.25, -0.2) is 28.7 Å². The number of carbonyl (C=O) groups is 2. The molecule has 0 saturated carbocycles. The Hall–Kier alpha value is -5.93. The molecule has 0 bridgehead atoms. The van der Waals surface area contributed by atoms with E-state index < -0.39 is 11.9 Å². The lowest BCUT2D eigenvalue weighted by molar-refractivity contribution is -0.143. The summed E-state index contributed by atoms with van der Waals surface area (Å²) in [6.07, 6.45) is 7.09. The third kappa shape index (κ3) is 11.3. The van der Waals surface area contributed by atoms with Gasteiger partial charge in [-0.2, -0.15) is 0 Å². The maximum Gasteiger partial charge on any atom is 0.310 e. The summed E-state index contributed by atoms with van der Waals surface area (Å²) in [6.45, 7) is 2.08. The van der Waals surface area contributed by atoms with Gasteiger partial charge < -0.3 is 29.9 Å². The number of methoxy groups -OCH3 is 2. The summed E-state index contributed by atoms with van der Waals surface area (Å²) < 4.78 is 41.2. The average Bonchev–Trinajstić information content (AvgIpc) is 3.19. The molecule has 0 unspecified atom stereocenters. The number of nitrogens with zero attached hydrogens (tertiary/aromatic N) is 5. The fourth-order valence-corrected chi connectivity index (χ4v) is 6.85. The van der Waals surface area contributed by atoms with Gasteiger partial charge in [0.25, 0.3) is 0 Å². The van der Waals surface area contributed by atoms with Crippen molar-refractivity contribution >= 4 is 52.7 Å². The minimum Gasteiger partial charge on any atom is -0.496 e. The van der Waals surface area contributed by atoms with Crippen LogP contribution < -0.4 is 19.7 Å². The molecule has 316 valence electrons. The van der Waals surface area contributed by atoms with Crippen LogP contribution in [0.5, 0.6) is 11.5 Å². The lowest BCUT2D eigenvalue weighted by atomic mass is 9.98. The molecule has 0 spiro atoms. The smallest absolute Gasteiger partial charge is 0.310 e. The molecule has 6 aromatic rings. The summed E-state index contributed by atoms with van der Waals surface area (Å²) in [7, 11) is 3.01. The SMILES string of the molecule is COc1ccc(Cc2cnc(Cl)nc2)c(F)c1-c1cccc(Cl)c1.COc1ccc(Cc2cnc(N3CC(C(=O)O)C3)nc2)c(F)c1-c1cccc(Cl)c1.O=C(O)C1CNC1. The van der Waals surface area contributed by atoms with Gasteiger partial charge in [-0.15, -0.1) is 0 Å². The Morgan fingerprint density at radius 2 is 1.13 bits per heavy atom. The number of rotatable bonds is 11. The fourth-order valence-electron chi connectivity index (χ4n) is 6.38. The highest BCUT2D eigenvalue weighted by atomic mass is 35.5. The minimum absolute atomic E-state index is 0.111. The van der Waals surface area contributed by atoms with Crippen molar-refractivity contribution in [2.45, 2.75) is 12.8 Å². The first-order chi connectivity index (χ1) is 29.3. The van der Waals surface area contributed by atoms with E-state index in [1.165, 1.54) is 14.2 Å². The van der Waals surface area contributed by atoms with Gasteiger partial charge in [0.05, 0.1) is 37.2 Å². The number of carboxylic acids is 2. The number of ether oxygens (including phenoxy) is 2. The molecule has 0 amide bonds. The van der Waals surface area contributed by atoms with Crippen LogP contribution in [0.15, 0.2) is 97.6 Å². The fraction of sp³-hybridized carbons (Fsp3) is 0.227. The average molecular weight is 892 g/mol. The normalized spacial score (nSPS) is 13.4. The first-order valence-corrected chi connectivity index (χ1v) is 19.9. The van der Waals surface area contributed by atoms with Crippen LogP contribution in [-0.2, 0) is 22.4 Å². The molecule has 2 fully saturated rings. The molecule has 61 heavy (non-hydrogen) atoms. The number of aliphatic carboxylic acids is 2. The van der Waals surface area contributed by atoms with E-state index >= 15 is 8.78 Å². The lowest BCUT2D eigenvalue weighted by Gasteiger charge is -2.36. The topological polar surface area (TPSA) is 160 Å². The first-order valence-electron chi connectivity index (χ1n) is 18.8. The molecular weight excluding hydrogens is 853 g/mol. The summed E-state index contributed by atoms with van der Waals surface area (Å²) in [4.78, 5) is 39.1. The van der Waals surface area contributed by atoms with Crippen molar-refractivity contribution in [2.75, 3.05) is 45.3 Å². The largest absolute Gasteiger partial charge is 0.496 e. The second kappa shape index (κ2) is 20.6. The number of halogens is 5. The van der Waals surface area contributed by atoms with Gasteiger partial charge in [0, 0.05) is 73.9 Å². The van der Waals surface area contributed by atoms with Crippen molar-refractivity contribution < 1.29 is 38.1 Å². The van der Waals surface area contributed by atoms with E-state index in [1.54, 1.807) is 102 Å². The van der Waals surface area contributed by atoms with Gasteiger partial charge in [0.15, 0.2) is 0 Å². The van der Waals surface area contributed by atoms with Gasteiger partial charge >= 0.3 is 11.9 Å². The number of carboxylic acid groups (broad SMARTS) is 2. The highest BCUT2D eigenvalue weighted by Crippen LogP contribution is 2.37. The van der Waals surface area contributed by atoms with Crippen molar-refractivity contribution in [1.29, 1.82) is 0 Å². The molecule has 12 nitrogen and oxygen atoms in total. The Bertz CT molecular complexity index is 2490. The molecule has 17 heteroatoms. The van der Waals surface area contributed by atoms with E-state index in [-0.39, 0.29) is 28.8 Å². The van der Waals surface area contributed by atoms with Crippen LogP contribution in [0.1, 0.15) is 22.3 Å². The monoisotopic (exact) mass is 890 g/mol. The van der Waals surface area contributed by atoms with Crippen LogP contribution in [0, 0.1) is 23.5 Å². The molecule has 2 aliphatic rings. The number of benzene rings is 4. The first kappa shape index (κ1) is 44.6. The number of nitrogens with one attached hydrogen (secondary N) is 1. The quantitative estimate of drug-likeness (QED) is 0.107. The van der Waals surface area contributed by atoms with Crippen LogP contribution >= 0.6 is 34.8 Å². The van der Waals surface area contributed by atoms with Crippen LogP contribution in [0.3, 0.4) is 0 Å². The standard InChI is InChI=1S/C22H19ClFN3O3.C18H13Cl2FN2O.C4H7NO2/c1-30-18-6-5-15(20(24)19(18)14-3-2-4-17(23)8-14)7-13-9-25-22(26-10-13)27-11-16(12-27)21(28)29;1-24-15-6-5-13(7-11-9-22-18(20)23-10-11)17(21)16(15)12-3-2-4-14(19)8-12;6-4(7)3-1-5-2-3/h2-6,8-10,16H,7,11-12H2,1H3,(H,28,29);2-6,8-10H,7H2,1H3;3,5H,1-2H2,(H,6,7). The van der Waals surface area contributed by atoms with Crippen molar-refractivity contribution in [2.24, 2.45) is 11.8 Å². The third-order valence-corrected chi connectivity index (χ3v) is 10.5. The number of aromatic nitrogens is 4. The van der Waals surface area contributed by atoms with Gasteiger partial charge in [0.2, 0.25) is 11.2 Å². The number of hydrogen-bond acceptors (Lipinski definition) is 10. The van der Waals surface area contributed by atoms with Gasteiger partial charge in [-0.1, -0.05) is 59.6 Å². The molecular formula is C44H39Cl3F2N6O6. The Labute approximate surface area is 365 Å². The van der Waals surface area contributed by atoms with E-state index in [2.05, 4.69) is 25.3 Å².